The Morgan fingerprint density at radius 1 is 1.38 bits per heavy atom. The molecule has 154 valence electrons. The second kappa shape index (κ2) is 8.47. The number of aliphatic hydroxyl groups excluding tert-OH is 1. The molecule has 1 amide bonds. The average Bonchev–Trinajstić information content (AvgIpc) is 3.18. The molecule has 0 bridgehead atoms. The molecule has 4 rings (SSSR count). The molecule has 7 nitrogen and oxygen atoms in total. The zero-order valence-electron chi connectivity index (χ0n) is 16.3. The number of fused-ring (bicyclic) bond motifs is 1. The number of rotatable bonds is 5. The van der Waals surface area contributed by atoms with Gasteiger partial charge in [0.05, 0.1) is 37.3 Å². The summed E-state index contributed by atoms with van der Waals surface area (Å²) in [6, 6.07) is 7.79. The van der Waals surface area contributed by atoms with E-state index in [4.69, 9.17) is 26.2 Å². The monoisotopic (exact) mass is 417 g/mol. The molecule has 1 saturated heterocycles. The summed E-state index contributed by atoms with van der Waals surface area (Å²) in [4.78, 5) is 20.1. The van der Waals surface area contributed by atoms with E-state index in [1.165, 1.54) is 0 Å². The van der Waals surface area contributed by atoms with Crippen LogP contribution in [0.4, 0.5) is 11.4 Å². The van der Waals surface area contributed by atoms with Crippen LogP contribution in [0.25, 0.3) is 0 Å². The largest absolute Gasteiger partial charge is 0.490 e. The number of carbonyl (C=O) groups is 1. The molecule has 2 aliphatic heterocycles. The molecule has 1 aromatic carbocycles. The lowest BCUT2D eigenvalue weighted by Gasteiger charge is -2.31. The van der Waals surface area contributed by atoms with E-state index >= 15 is 0 Å². The van der Waals surface area contributed by atoms with Gasteiger partial charge in [0.25, 0.3) is 0 Å². The summed E-state index contributed by atoms with van der Waals surface area (Å²) in [6.45, 7) is 4.28. The number of nitrogens with zero attached hydrogens (tertiary/aromatic N) is 3. The van der Waals surface area contributed by atoms with E-state index in [-0.39, 0.29) is 25.0 Å². The Bertz CT molecular complexity index is 907. The first-order valence-electron chi connectivity index (χ1n) is 9.77. The summed E-state index contributed by atoms with van der Waals surface area (Å²) in [7, 11) is 0. The maximum Gasteiger partial charge on any atom is 0.225 e. The number of halogens is 1. The van der Waals surface area contributed by atoms with Crippen LogP contribution in [0.3, 0.4) is 0 Å². The van der Waals surface area contributed by atoms with Gasteiger partial charge in [-0.2, -0.15) is 0 Å². The van der Waals surface area contributed by atoms with Crippen LogP contribution in [-0.2, 0) is 4.79 Å². The fourth-order valence-corrected chi connectivity index (χ4v) is 3.83. The minimum absolute atomic E-state index is 0.0331. The van der Waals surface area contributed by atoms with Crippen molar-refractivity contribution in [1.82, 2.24) is 9.88 Å². The Kier molecular flexibility index (Phi) is 5.78. The first kappa shape index (κ1) is 19.8. The zero-order chi connectivity index (χ0) is 20.4. The maximum absolute atomic E-state index is 12.0. The lowest BCUT2D eigenvalue weighted by molar-refractivity contribution is -0.131. The van der Waals surface area contributed by atoms with Crippen molar-refractivity contribution in [2.45, 2.75) is 25.9 Å². The van der Waals surface area contributed by atoms with Gasteiger partial charge in [0.2, 0.25) is 5.91 Å². The van der Waals surface area contributed by atoms with Crippen molar-refractivity contribution in [3.8, 4) is 11.5 Å². The smallest absolute Gasteiger partial charge is 0.225 e. The molecule has 0 saturated carbocycles. The molecule has 29 heavy (non-hydrogen) atoms. The predicted molar refractivity (Wildman–Crippen MR) is 110 cm³/mol. The first-order valence-corrected chi connectivity index (χ1v) is 10.1. The van der Waals surface area contributed by atoms with Crippen LogP contribution in [0.5, 0.6) is 11.5 Å². The average molecular weight is 418 g/mol. The predicted octanol–water partition coefficient (Wildman–Crippen LogP) is 2.94. The topological polar surface area (TPSA) is 75.1 Å². The SMILES string of the molecule is Cc1cc(N2CCOc3ccc(OC4CCN(C(=O)CCO)C4)cc32)cnc1Cl. The number of benzene rings is 1. The second-order valence-electron chi connectivity index (χ2n) is 7.27. The van der Waals surface area contributed by atoms with Gasteiger partial charge in [0, 0.05) is 25.5 Å². The number of hydrogen-bond donors (Lipinski definition) is 1. The quantitative estimate of drug-likeness (QED) is 0.754. The minimum atomic E-state index is -0.124. The zero-order valence-corrected chi connectivity index (χ0v) is 17.1. The Balaban J connectivity index is 1.51. The van der Waals surface area contributed by atoms with Gasteiger partial charge in [-0.1, -0.05) is 11.6 Å². The molecule has 0 aliphatic carbocycles. The summed E-state index contributed by atoms with van der Waals surface area (Å²) in [6.07, 6.45) is 2.63. The van der Waals surface area contributed by atoms with Crippen molar-refractivity contribution in [2.24, 2.45) is 0 Å². The van der Waals surface area contributed by atoms with Crippen LogP contribution in [0, 0.1) is 6.92 Å². The van der Waals surface area contributed by atoms with Crippen LogP contribution in [0.1, 0.15) is 18.4 Å². The summed E-state index contributed by atoms with van der Waals surface area (Å²) >= 11 is 6.08. The molecule has 1 fully saturated rings. The van der Waals surface area contributed by atoms with Gasteiger partial charge in [-0.05, 0) is 30.7 Å². The van der Waals surface area contributed by atoms with E-state index in [9.17, 15) is 4.79 Å². The van der Waals surface area contributed by atoms with Gasteiger partial charge in [-0.25, -0.2) is 4.98 Å². The Labute approximate surface area is 174 Å². The Morgan fingerprint density at radius 3 is 3.03 bits per heavy atom. The lowest BCUT2D eigenvalue weighted by Crippen LogP contribution is -2.31. The van der Waals surface area contributed by atoms with E-state index in [0.29, 0.717) is 31.4 Å². The highest BCUT2D eigenvalue weighted by Gasteiger charge is 2.28. The molecular formula is C21H24ClN3O4. The van der Waals surface area contributed by atoms with Crippen molar-refractivity contribution >= 4 is 28.9 Å². The van der Waals surface area contributed by atoms with Gasteiger partial charge in [-0.15, -0.1) is 0 Å². The molecule has 0 radical (unpaired) electrons. The highest BCUT2D eigenvalue weighted by Crippen LogP contribution is 2.39. The van der Waals surface area contributed by atoms with Crippen LogP contribution in [0.2, 0.25) is 5.15 Å². The molecule has 1 N–H and O–H groups in total. The highest BCUT2D eigenvalue weighted by atomic mass is 35.5. The Morgan fingerprint density at radius 2 is 2.24 bits per heavy atom. The molecule has 2 aliphatic rings. The van der Waals surface area contributed by atoms with Crippen molar-refractivity contribution in [3.05, 3.63) is 41.2 Å². The van der Waals surface area contributed by atoms with Gasteiger partial charge >= 0.3 is 0 Å². The molecule has 2 aromatic rings. The lowest BCUT2D eigenvalue weighted by atomic mass is 10.2. The van der Waals surface area contributed by atoms with Crippen LogP contribution < -0.4 is 14.4 Å². The van der Waals surface area contributed by atoms with Gasteiger partial charge in [0.1, 0.15) is 29.4 Å². The molecule has 0 spiro atoms. The number of hydrogen-bond acceptors (Lipinski definition) is 6. The van der Waals surface area contributed by atoms with Crippen LogP contribution in [-0.4, -0.2) is 59.8 Å². The number of ether oxygens (including phenoxy) is 2. The summed E-state index contributed by atoms with van der Waals surface area (Å²) < 4.78 is 12.0. The third-order valence-electron chi connectivity index (χ3n) is 5.23. The number of aromatic nitrogens is 1. The number of anilines is 2. The molecule has 1 atom stereocenters. The van der Waals surface area contributed by atoms with Crippen molar-refractivity contribution < 1.29 is 19.4 Å². The normalized spacial score (nSPS) is 18.4. The van der Waals surface area contributed by atoms with Gasteiger partial charge in [0.15, 0.2) is 0 Å². The third kappa shape index (κ3) is 4.26. The minimum Gasteiger partial charge on any atom is -0.490 e. The van der Waals surface area contributed by atoms with Crippen molar-refractivity contribution in [1.29, 1.82) is 0 Å². The summed E-state index contributed by atoms with van der Waals surface area (Å²) in [5, 5.41) is 9.46. The van der Waals surface area contributed by atoms with E-state index < -0.39 is 0 Å². The molecule has 3 heterocycles. The third-order valence-corrected chi connectivity index (χ3v) is 5.63. The van der Waals surface area contributed by atoms with Crippen LogP contribution >= 0.6 is 11.6 Å². The fourth-order valence-electron chi connectivity index (χ4n) is 3.73. The number of pyridine rings is 1. The van der Waals surface area contributed by atoms with Crippen LogP contribution in [0.15, 0.2) is 30.5 Å². The summed E-state index contributed by atoms with van der Waals surface area (Å²) in [5.41, 5.74) is 2.79. The molecular weight excluding hydrogens is 394 g/mol. The summed E-state index contributed by atoms with van der Waals surface area (Å²) in [5.74, 6) is 1.50. The van der Waals surface area contributed by atoms with Gasteiger partial charge in [-0.3, -0.25) is 4.79 Å². The fraction of sp³-hybridized carbons (Fsp3) is 0.429. The molecule has 8 heteroatoms. The maximum atomic E-state index is 12.0. The second-order valence-corrected chi connectivity index (χ2v) is 7.63. The molecule has 1 aromatic heterocycles. The standard InChI is InChI=1S/C21H24ClN3O4/c1-14-10-15(12-23-21(14)22)25-7-9-28-19-3-2-16(11-18(19)25)29-17-4-6-24(13-17)20(27)5-8-26/h2-3,10-12,17,26H,4-9,13H2,1H3. The number of aryl methyl sites for hydroxylation is 1. The number of carbonyl (C=O) groups excluding carboxylic acids is 1. The van der Waals surface area contributed by atoms with E-state index in [0.717, 1.165) is 34.9 Å². The van der Waals surface area contributed by atoms with Crippen molar-refractivity contribution in [2.75, 3.05) is 37.7 Å². The van der Waals surface area contributed by atoms with E-state index in [2.05, 4.69) is 9.88 Å². The first-order chi connectivity index (χ1) is 14.0. The van der Waals surface area contributed by atoms with E-state index in [1.54, 1.807) is 11.1 Å². The molecule has 1 unspecified atom stereocenters. The number of aliphatic hydroxyl groups is 1. The van der Waals surface area contributed by atoms with E-state index in [1.807, 2.05) is 31.2 Å². The number of amides is 1. The number of likely N-dealkylation sites (tertiary alicyclic amines) is 1. The van der Waals surface area contributed by atoms with Gasteiger partial charge < -0.3 is 24.4 Å². The van der Waals surface area contributed by atoms with Crippen molar-refractivity contribution in [3.63, 3.8) is 0 Å². The Hall–Kier alpha value is -2.51. The highest BCUT2D eigenvalue weighted by molar-refractivity contribution is 6.30.